The molecule has 4 heterocycles. The molecule has 130 valence electrons. The zero-order valence-electron chi connectivity index (χ0n) is 13.9. The van der Waals surface area contributed by atoms with E-state index < -0.39 is 0 Å². The number of nitrogens with two attached hydrogens (primary N) is 1. The maximum atomic E-state index is 6.59. The van der Waals surface area contributed by atoms with Crippen molar-refractivity contribution in [3.8, 4) is 0 Å². The number of rotatable bonds is 5. The number of hydrogen-bond donors (Lipinski definition) is 2. The Balaban J connectivity index is 1.77. The summed E-state index contributed by atoms with van der Waals surface area (Å²) in [7, 11) is 0. The second-order valence-corrected chi connectivity index (χ2v) is 7.54. The van der Waals surface area contributed by atoms with E-state index in [-0.39, 0.29) is 0 Å². The Labute approximate surface area is 155 Å². The van der Waals surface area contributed by atoms with Crippen molar-refractivity contribution in [3.05, 3.63) is 35.2 Å². The number of halogens is 1. The molecule has 0 amide bonds. The minimum Gasteiger partial charge on any atom is -0.355 e. The fourth-order valence-corrected chi connectivity index (χ4v) is 4.09. The third-order valence-electron chi connectivity index (χ3n) is 4.41. The van der Waals surface area contributed by atoms with Crippen LogP contribution in [0.15, 0.2) is 34.6 Å². The highest BCUT2D eigenvalue weighted by Crippen LogP contribution is 2.38. The van der Waals surface area contributed by atoms with E-state index in [0.29, 0.717) is 17.6 Å². The molecule has 4 rings (SSSR count). The number of fused-ring (bicyclic) bond motifs is 1. The largest absolute Gasteiger partial charge is 0.355 e. The molecule has 0 aromatic carbocycles. The summed E-state index contributed by atoms with van der Waals surface area (Å²) in [5, 5.41) is 2.32. The first kappa shape index (κ1) is 16.6. The highest BCUT2D eigenvalue weighted by molar-refractivity contribution is 7.99. The van der Waals surface area contributed by atoms with Gasteiger partial charge in [0.2, 0.25) is 0 Å². The topological polar surface area (TPSA) is 83.7 Å². The van der Waals surface area contributed by atoms with Gasteiger partial charge in [0.15, 0.2) is 5.16 Å². The lowest BCUT2D eigenvalue weighted by molar-refractivity contribution is 0.417. The van der Waals surface area contributed by atoms with Crippen molar-refractivity contribution in [1.29, 1.82) is 0 Å². The molecule has 3 aromatic heterocycles. The minimum atomic E-state index is 0.516. The molecule has 0 radical (unpaired) electrons. The average Bonchev–Trinajstić information content (AvgIpc) is 2.91. The lowest BCUT2D eigenvalue weighted by Crippen LogP contribution is -2.50. The third-order valence-corrected chi connectivity index (χ3v) is 5.67. The van der Waals surface area contributed by atoms with E-state index in [1.54, 1.807) is 6.20 Å². The molecular formula is C17H19ClN6S. The van der Waals surface area contributed by atoms with Crippen LogP contribution in [0.4, 0.5) is 5.82 Å². The maximum absolute atomic E-state index is 6.59. The first-order valence-corrected chi connectivity index (χ1v) is 9.50. The number of hydrogen-bond acceptors (Lipinski definition) is 6. The second kappa shape index (κ2) is 6.82. The molecule has 0 bridgehead atoms. The Kier molecular flexibility index (Phi) is 4.54. The van der Waals surface area contributed by atoms with Gasteiger partial charge in [0.05, 0.1) is 10.4 Å². The van der Waals surface area contributed by atoms with E-state index in [2.05, 4.69) is 26.8 Å². The van der Waals surface area contributed by atoms with Crippen LogP contribution >= 0.6 is 23.4 Å². The van der Waals surface area contributed by atoms with Crippen LogP contribution in [0.3, 0.4) is 0 Å². The molecule has 6 nitrogen and oxygen atoms in total. The number of nitrogens with one attached hydrogen (secondary N) is 1. The van der Waals surface area contributed by atoms with Crippen molar-refractivity contribution in [2.24, 2.45) is 11.7 Å². The summed E-state index contributed by atoms with van der Waals surface area (Å²) in [5.41, 5.74) is 7.55. The fourth-order valence-electron chi connectivity index (χ4n) is 2.99. The first-order chi connectivity index (χ1) is 12.2. The van der Waals surface area contributed by atoms with Gasteiger partial charge in [-0.15, -0.1) is 0 Å². The third kappa shape index (κ3) is 3.07. The van der Waals surface area contributed by atoms with Crippen molar-refractivity contribution in [1.82, 2.24) is 19.9 Å². The van der Waals surface area contributed by atoms with Gasteiger partial charge in [-0.05, 0) is 36.9 Å². The summed E-state index contributed by atoms with van der Waals surface area (Å²) >= 11 is 8.09. The standard InChI is InChI=1S/C17H19ClN6S/c1-2-12-14(18)13-15(21-12)22-17(25-11-4-3-5-20-7-11)23-16(13)24-8-10(6-19)9-24/h3-5,7,10H,2,6,8-9,19H2,1H3,(H,21,22,23). The van der Waals surface area contributed by atoms with Gasteiger partial charge in [0.25, 0.3) is 0 Å². The summed E-state index contributed by atoms with van der Waals surface area (Å²) in [5.74, 6) is 1.41. The van der Waals surface area contributed by atoms with E-state index >= 15 is 0 Å². The number of nitrogens with zero attached hydrogens (tertiary/aromatic N) is 4. The van der Waals surface area contributed by atoms with Crippen molar-refractivity contribution in [3.63, 3.8) is 0 Å². The molecule has 0 spiro atoms. The molecule has 1 aliphatic heterocycles. The summed E-state index contributed by atoms with van der Waals surface area (Å²) in [4.78, 5) is 20.2. The molecule has 25 heavy (non-hydrogen) atoms. The zero-order valence-corrected chi connectivity index (χ0v) is 15.4. The summed E-state index contributed by atoms with van der Waals surface area (Å²) in [6.07, 6.45) is 4.39. The summed E-state index contributed by atoms with van der Waals surface area (Å²) in [6.45, 7) is 4.58. The number of aryl methyl sites for hydroxylation is 1. The van der Waals surface area contributed by atoms with Crippen LogP contribution in [0, 0.1) is 5.92 Å². The molecular weight excluding hydrogens is 356 g/mol. The van der Waals surface area contributed by atoms with Crippen molar-refractivity contribution in [2.75, 3.05) is 24.5 Å². The maximum Gasteiger partial charge on any atom is 0.196 e. The van der Waals surface area contributed by atoms with Crippen molar-refractivity contribution < 1.29 is 0 Å². The Morgan fingerprint density at radius 1 is 1.40 bits per heavy atom. The lowest BCUT2D eigenvalue weighted by Gasteiger charge is -2.39. The van der Waals surface area contributed by atoms with Gasteiger partial charge in [-0.3, -0.25) is 4.98 Å². The van der Waals surface area contributed by atoms with Gasteiger partial charge in [-0.1, -0.05) is 18.5 Å². The van der Waals surface area contributed by atoms with Gasteiger partial charge in [0, 0.05) is 42.0 Å². The van der Waals surface area contributed by atoms with Gasteiger partial charge >= 0.3 is 0 Å². The summed E-state index contributed by atoms with van der Waals surface area (Å²) < 4.78 is 0. The highest BCUT2D eigenvalue weighted by atomic mass is 35.5. The van der Waals surface area contributed by atoms with Crippen molar-refractivity contribution >= 4 is 40.2 Å². The van der Waals surface area contributed by atoms with E-state index in [1.165, 1.54) is 11.8 Å². The fraction of sp³-hybridized carbons (Fsp3) is 0.353. The van der Waals surface area contributed by atoms with Crippen LogP contribution in [-0.4, -0.2) is 39.6 Å². The van der Waals surface area contributed by atoms with Crippen LogP contribution in [0.25, 0.3) is 11.0 Å². The Morgan fingerprint density at radius 3 is 2.92 bits per heavy atom. The molecule has 0 aliphatic carbocycles. The molecule has 1 saturated heterocycles. The Bertz CT molecular complexity index is 891. The van der Waals surface area contributed by atoms with Crippen LogP contribution in [-0.2, 0) is 6.42 Å². The molecule has 1 fully saturated rings. The van der Waals surface area contributed by atoms with Gasteiger partial charge in [0.1, 0.15) is 11.5 Å². The van der Waals surface area contributed by atoms with Gasteiger partial charge in [-0.2, -0.15) is 0 Å². The number of anilines is 1. The predicted molar refractivity (Wildman–Crippen MR) is 101 cm³/mol. The predicted octanol–water partition coefficient (Wildman–Crippen LogP) is 3.11. The van der Waals surface area contributed by atoms with Gasteiger partial charge in [-0.25, -0.2) is 9.97 Å². The lowest BCUT2D eigenvalue weighted by atomic mass is 10.0. The first-order valence-electron chi connectivity index (χ1n) is 8.30. The average molecular weight is 375 g/mol. The normalized spacial score (nSPS) is 14.9. The van der Waals surface area contributed by atoms with Crippen molar-refractivity contribution in [2.45, 2.75) is 23.4 Å². The number of pyridine rings is 1. The Morgan fingerprint density at radius 2 is 2.24 bits per heavy atom. The highest BCUT2D eigenvalue weighted by Gasteiger charge is 2.30. The number of H-pyrrole nitrogens is 1. The van der Waals surface area contributed by atoms with E-state index in [1.807, 2.05) is 18.3 Å². The molecule has 3 aromatic rings. The molecule has 0 saturated carbocycles. The van der Waals surface area contributed by atoms with Gasteiger partial charge < -0.3 is 15.6 Å². The van der Waals surface area contributed by atoms with E-state index in [0.717, 1.165) is 52.0 Å². The van der Waals surface area contributed by atoms with Crippen LogP contribution in [0.2, 0.25) is 5.02 Å². The smallest absolute Gasteiger partial charge is 0.196 e. The monoisotopic (exact) mass is 374 g/mol. The molecule has 3 N–H and O–H groups in total. The number of aromatic nitrogens is 4. The molecule has 0 atom stereocenters. The van der Waals surface area contributed by atoms with Crippen LogP contribution < -0.4 is 10.6 Å². The molecule has 8 heteroatoms. The Hall–Kier alpha value is -1.83. The summed E-state index contributed by atoms with van der Waals surface area (Å²) in [6, 6.07) is 3.90. The quantitative estimate of drug-likeness (QED) is 0.667. The SMILES string of the molecule is CCc1[nH]c2nc(Sc3cccnc3)nc(N3CC(CN)C3)c2c1Cl. The second-order valence-electron chi connectivity index (χ2n) is 6.12. The van der Waals surface area contributed by atoms with Crippen LogP contribution in [0.1, 0.15) is 12.6 Å². The number of aromatic amines is 1. The van der Waals surface area contributed by atoms with E-state index in [9.17, 15) is 0 Å². The molecule has 1 aliphatic rings. The van der Waals surface area contributed by atoms with E-state index in [4.69, 9.17) is 22.3 Å². The minimum absolute atomic E-state index is 0.516. The zero-order chi connectivity index (χ0) is 17.4. The van der Waals surface area contributed by atoms with Crippen LogP contribution in [0.5, 0.6) is 0 Å². The molecule has 0 unspecified atom stereocenters.